The van der Waals surface area contributed by atoms with E-state index >= 15 is 0 Å². The zero-order valence-corrected chi connectivity index (χ0v) is 15.1. The van der Waals surface area contributed by atoms with Crippen LogP contribution in [-0.2, 0) is 4.79 Å². The molecule has 0 aliphatic rings. The smallest absolute Gasteiger partial charge is 0.258 e. The Morgan fingerprint density at radius 1 is 0.846 bits per heavy atom. The molecule has 0 saturated carbocycles. The maximum atomic E-state index is 12.5. The van der Waals surface area contributed by atoms with E-state index < -0.39 is 0 Å². The Morgan fingerprint density at radius 2 is 1.35 bits per heavy atom. The van der Waals surface area contributed by atoms with Gasteiger partial charge in [0.05, 0.1) is 6.04 Å². The van der Waals surface area contributed by atoms with Gasteiger partial charge in [-0.2, -0.15) is 0 Å². The van der Waals surface area contributed by atoms with E-state index in [0.29, 0.717) is 5.75 Å². The number of ether oxygens (including phenoxy) is 1. The van der Waals surface area contributed by atoms with Crippen LogP contribution in [0.1, 0.15) is 28.3 Å². The lowest BCUT2D eigenvalue weighted by Gasteiger charge is -2.20. The molecule has 3 aromatic rings. The van der Waals surface area contributed by atoms with Crippen LogP contribution in [0.3, 0.4) is 0 Å². The van der Waals surface area contributed by atoms with Crippen LogP contribution in [0.15, 0.2) is 78.9 Å². The van der Waals surface area contributed by atoms with Crippen LogP contribution in [0.2, 0.25) is 0 Å². The molecule has 0 aliphatic carbocycles. The largest absolute Gasteiger partial charge is 0.484 e. The van der Waals surface area contributed by atoms with Crippen molar-refractivity contribution in [2.75, 3.05) is 6.61 Å². The first kappa shape index (κ1) is 17.7. The maximum absolute atomic E-state index is 12.5. The van der Waals surface area contributed by atoms with Crippen molar-refractivity contribution < 1.29 is 9.53 Å². The van der Waals surface area contributed by atoms with E-state index in [9.17, 15) is 4.79 Å². The van der Waals surface area contributed by atoms with E-state index in [4.69, 9.17) is 4.74 Å². The molecule has 3 heteroatoms. The average Bonchev–Trinajstić information content (AvgIpc) is 2.65. The predicted octanol–water partition coefficient (Wildman–Crippen LogP) is 4.59. The zero-order chi connectivity index (χ0) is 18.4. The number of hydrogen-bond acceptors (Lipinski definition) is 2. The number of benzene rings is 3. The molecule has 3 aromatic carbocycles. The monoisotopic (exact) mass is 345 g/mol. The van der Waals surface area contributed by atoms with Crippen molar-refractivity contribution in [1.82, 2.24) is 5.32 Å². The Hall–Kier alpha value is -3.07. The summed E-state index contributed by atoms with van der Waals surface area (Å²) >= 11 is 0. The molecule has 0 aromatic heterocycles. The highest BCUT2D eigenvalue weighted by Crippen LogP contribution is 2.22. The molecule has 0 fully saturated rings. The second kappa shape index (κ2) is 8.34. The standard InChI is InChI=1S/C23H23NO2/c1-17-13-18(2)15-21(14-17)26-16-22(25)24-23(19-9-5-3-6-10-19)20-11-7-4-8-12-20/h3-15,23H,16H2,1-2H3,(H,24,25). The molecule has 0 spiro atoms. The molecule has 3 nitrogen and oxygen atoms in total. The topological polar surface area (TPSA) is 38.3 Å². The summed E-state index contributed by atoms with van der Waals surface area (Å²) in [5, 5.41) is 3.09. The van der Waals surface area contributed by atoms with Crippen LogP contribution >= 0.6 is 0 Å². The fourth-order valence-corrected chi connectivity index (χ4v) is 3.02. The van der Waals surface area contributed by atoms with Crippen LogP contribution in [-0.4, -0.2) is 12.5 Å². The molecule has 0 bridgehead atoms. The number of amides is 1. The third-order valence-electron chi connectivity index (χ3n) is 4.14. The van der Waals surface area contributed by atoms with E-state index in [-0.39, 0.29) is 18.6 Å². The summed E-state index contributed by atoms with van der Waals surface area (Å²) in [6, 6.07) is 25.7. The number of nitrogens with one attached hydrogen (secondary N) is 1. The van der Waals surface area contributed by atoms with E-state index in [1.165, 1.54) is 0 Å². The lowest BCUT2D eigenvalue weighted by Crippen LogP contribution is -2.33. The Bertz CT molecular complexity index is 800. The van der Waals surface area contributed by atoms with Gasteiger partial charge in [-0.3, -0.25) is 4.79 Å². The quantitative estimate of drug-likeness (QED) is 0.710. The lowest BCUT2D eigenvalue weighted by molar-refractivity contribution is -0.123. The molecule has 1 N–H and O–H groups in total. The molecule has 0 aliphatic heterocycles. The molecule has 132 valence electrons. The van der Waals surface area contributed by atoms with Crippen molar-refractivity contribution in [2.24, 2.45) is 0 Å². The van der Waals surface area contributed by atoms with E-state index in [0.717, 1.165) is 22.3 Å². The van der Waals surface area contributed by atoms with Gasteiger partial charge in [-0.1, -0.05) is 66.7 Å². The summed E-state index contributed by atoms with van der Waals surface area (Å²) in [5.41, 5.74) is 4.32. The molecule has 0 atom stereocenters. The van der Waals surface area contributed by atoms with Gasteiger partial charge in [-0.25, -0.2) is 0 Å². The van der Waals surface area contributed by atoms with Gasteiger partial charge in [0, 0.05) is 0 Å². The minimum atomic E-state index is -0.201. The normalized spacial score (nSPS) is 10.6. The molecule has 0 saturated heterocycles. The van der Waals surface area contributed by atoms with Gasteiger partial charge in [0.15, 0.2) is 6.61 Å². The van der Waals surface area contributed by atoms with Gasteiger partial charge in [-0.15, -0.1) is 0 Å². The summed E-state index contributed by atoms with van der Waals surface area (Å²) < 4.78 is 5.69. The first-order chi connectivity index (χ1) is 12.6. The van der Waals surface area contributed by atoms with Crippen LogP contribution < -0.4 is 10.1 Å². The molecule has 26 heavy (non-hydrogen) atoms. The summed E-state index contributed by atoms with van der Waals surface area (Å²) in [5.74, 6) is 0.565. The number of carbonyl (C=O) groups is 1. The highest BCUT2D eigenvalue weighted by atomic mass is 16.5. The number of carbonyl (C=O) groups excluding carboxylic acids is 1. The van der Waals surface area contributed by atoms with E-state index in [1.54, 1.807) is 0 Å². The fraction of sp³-hybridized carbons (Fsp3) is 0.174. The molecule has 0 heterocycles. The van der Waals surface area contributed by atoms with Crippen molar-refractivity contribution in [3.63, 3.8) is 0 Å². The summed E-state index contributed by atoms with van der Waals surface area (Å²) in [4.78, 5) is 12.5. The lowest BCUT2D eigenvalue weighted by atomic mass is 9.99. The van der Waals surface area contributed by atoms with Crippen molar-refractivity contribution in [3.05, 3.63) is 101 Å². The summed E-state index contributed by atoms with van der Waals surface area (Å²) in [6.45, 7) is 4.01. The zero-order valence-electron chi connectivity index (χ0n) is 15.1. The molecule has 3 rings (SSSR count). The van der Waals surface area contributed by atoms with Gasteiger partial charge in [0.25, 0.3) is 5.91 Å². The Labute approximate surface area is 154 Å². The van der Waals surface area contributed by atoms with Gasteiger partial charge in [-0.05, 0) is 48.2 Å². The second-order valence-corrected chi connectivity index (χ2v) is 6.43. The van der Waals surface area contributed by atoms with Crippen LogP contribution in [0.25, 0.3) is 0 Å². The van der Waals surface area contributed by atoms with Gasteiger partial charge in [0.1, 0.15) is 5.75 Å². The minimum absolute atomic E-state index is 0.0148. The van der Waals surface area contributed by atoms with Crippen LogP contribution in [0.5, 0.6) is 5.75 Å². The van der Waals surface area contributed by atoms with E-state index in [1.807, 2.05) is 86.6 Å². The maximum Gasteiger partial charge on any atom is 0.258 e. The van der Waals surface area contributed by atoms with Crippen molar-refractivity contribution in [3.8, 4) is 5.75 Å². The first-order valence-electron chi connectivity index (χ1n) is 8.72. The highest BCUT2D eigenvalue weighted by molar-refractivity contribution is 5.78. The van der Waals surface area contributed by atoms with Gasteiger partial charge < -0.3 is 10.1 Å². The first-order valence-corrected chi connectivity index (χ1v) is 8.72. The van der Waals surface area contributed by atoms with Crippen molar-refractivity contribution in [2.45, 2.75) is 19.9 Å². The molecular weight excluding hydrogens is 322 g/mol. The average molecular weight is 345 g/mol. The molecular formula is C23H23NO2. The number of aryl methyl sites for hydroxylation is 2. The SMILES string of the molecule is Cc1cc(C)cc(OCC(=O)NC(c2ccccc2)c2ccccc2)c1. The molecule has 0 unspecified atom stereocenters. The third-order valence-corrected chi connectivity index (χ3v) is 4.14. The Balaban J connectivity index is 1.71. The Kier molecular flexibility index (Phi) is 5.69. The summed E-state index contributed by atoms with van der Waals surface area (Å²) in [7, 11) is 0. The number of hydrogen-bond donors (Lipinski definition) is 1. The van der Waals surface area contributed by atoms with Crippen LogP contribution in [0.4, 0.5) is 0 Å². The predicted molar refractivity (Wildman–Crippen MR) is 104 cm³/mol. The highest BCUT2D eigenvalue weighted by Gasteiger charge is 2.16. The molecule has 0 radical (unpaired) electrons. The van der Waals surface area contributed by atoms with Crippen LogP contribution in [0, 0.1) is 13.8 Å². The molecule has 1 amide bonds. The Morgan fingerprint density at radius 3 is 1.85 bits per heavy atom. The summed E-state index contributed by atoms with van der Waals surface area (Å²) in [6.07, 6.45) is 0. The fourth-order valence-electron chi connectivity index (χ4n) is 3.02. The van der Waals surface area contributed by atoms with Crippen molar-refractivity contribution >= 4 is 5.91 Å². The van der Waals surface area contributed by atoms with Gasteiger partial charge >= 0.3 is 0 Å². The van der Waals surface area contributed by atoms with Crippen molar-refractivity contribution in [1.29, 1.82) is 0 Å². The second-order valence-electron chi connectivity index (χ2n) is 6.43. The minimum Gasteiger partial charge on any atom is -0.484 e. The third kappa shape index (κ3) is 4.73. The van der Waals surface area contributed by atoms with E-state index in [2.05, 4.69) is 11.4 Å². The van der Waals surface area contributed by atoms with Gasteiger partial charge in [0.2, 0.25) is 0 Å². The number of rotatable bonds is 6.